The molecule has 0 aliphatic carbocycles. The van der Waals surface area contributed by atoms with Gasteiger partial charge in [-0.15, -0.1) is 0 Å². The minimum atomic E-state index is -6.32. The Kier molecular flexibility index (Phi) is 4.38. The molecular formula is C8H8F7O. The molecule has 0 aromatic carbocycles. The summed E-state index contributed by atoms with van der Waals surface area (Å²) in [6.07, 6.45) is -5.91. The van der Waals surface area contributed by atoms with Crippen molar-refractivity contribution in [3.63, 3.8) is 0 Å². The van der Waals surface area contributed by atoms with Crippen LogP contribution in [0.5, 0.6) is 0 Å². The normalized spacial score (nSPS) is 15.4. The molecule has 0 N–H and O–H groups in total. The molecule has 0 atom stereocenters. The van der Waals surface area contributed by atoms with Gasteiger partial charge in [0.25, 0.3) is 0 Å². The van der Waals surface area contributed by atoms with Crippen LogP contribution in [-0.4, -0.2) is 24.6 Å². The van der Waals surface area contributed by atoms with Crippen molar-refractivity contribution in [2.24, 2.45) is 0 Å². The summed E-state index contributed by atoms with van der Waals surface area (Å²) >= 11 is 0. The van der Waals surface area contributed by atoms with Gasteiger partial charge in [-0.05, 0) is 6.92 Å². The van der Waals surface area contributed by atoms with Crippen molar-refractivity contribution in [1.82, 2.24) is 0 Å². The van der Waals surface area contributed by atoms with Gasteiger partial charge in [0, 0.05) is 5.57 Å². The average molecular weight is 253 g/mol. The summed E-state index contributed by atoms with van der Waals surface area (Å²) in [4.78, 5) is 0. The third-order valence-corrected chi connectivity index (χ3v) is 1.75. The van der Waals surface area contributed by atoms with Gasteiger partial charge in [0.15, 0.2) is 0 Å². The SMILES string of the molecule is [CH2]OC/C=C(\C)C(F)(F)C(F)(F)C(F)(F)F. The molecule has 16 heavy (non-hydrogen) atoms. The van der Waals surface area contributed by atoms with E-state index in [9.17, 15) is 30.7 Å². The van der Waals surface area contributed by atoms with E-state index in [2.05, 4.69) is 11.8 Å². The molecule has 0 aromatic heterocycles. The van der Waals surface area contributed by atoms with Crippen LogP contribution in [0.2, 0.25) is 0 Å². The topological polar surface area (TPSA) is 9.23 Å². The highest BCUT2D eigenvalue weighted by Gasteiger charge is 2.73. The second-order valence-electron chi connectivity index (χ2n) is 2.90. The lowest BCUT2D eigenvalue weighted by atomic mass is 10.0. The lowest BCUT2D eigenvalue weighted by Gasteiger charge is -2.28. The highest BCUT2D eigenvalue weighted by molar-refractivity contribution is 5.16. The molecule has 0 saturated carbocycles. The lowest BCUT2D eigenvalue weighted by molar-refractivity contribution is -0.344. The Balaban J connectivity index is 5.19. The van der Waals surface area contributed by atoms with E-state index in [-0.39, 0.29) is 0 Å². The fourth-order valence-corrected chi connectivity index (χ4v) is 0.738. The highest BCUT2D eigenvalue weighted by atomic mass is 19.4. The van der Waals surface area contributed by atoms with E-state index < -0.39 is 30.2 Å². The van der Waals surface area contributed by atoms with Crippen LogP contribution in [0.4, 0.5) is 30.7 Å². The van der Waals surface area contributed by atoms with Gasteiger partial charge in [-0.25, -0.2) is 0 Å². The molecule has 1 radical (unpaired) electrons. The van der Waals surface area contributed by atoms with Crippen LogP contribution in [0, 0.1) is 7.11 Å². The zero-order chi connectivity index (χ0) is 13.2. The molecule has 0 spiro atoms. The van der Waals surface area contributed by atoms with Crippen LogP contribution in [0.3, 0.4) is 0 Å². The second kappa shape index (κ2) is 4.60. The molecule has 0 saturated heterocycles. The average Bonchev–Trinajstić information content (AvgIpc) is 2.11. The Bertz CT molecular complexity index is 266. The minimum absolute atomic E-state index is 0.409. The third kappa shape index (κ3) is 2.66. The summed E-state index contributed by atoms with van der Waals surface area (Å²) in [5.74, 6) is -11.4. The molecule has 0 aliphatic rings. The van der Waals surface area contributed by atoms with Gasteiger partial charge in [0.2, 0.25) is 0 Å². The van der Waals surface area contributed by atoms with E-state index in [0.29, 0.717) is 13.0 Å². The standard InChI is InChI=1S/C8H8F7O/c1-5(3-4-16-2)6(9,10)7(11,12)8(13,14)15/h3H,2,4H2,1H3/b5-3+. The first-order chi connectivity index (χ1) is 6.98. The van der Waals surface area contributed by atoms with E-state index in [4.69, 9.17) is 0 Å². The van der Waals surface area contributed by atoms with Crippen LogP contribution in [-0.2, 0) is 4.74 Å². The maximum atomic E-state index is 12.8. The van der Waals surface area contributed by atoms with E-state index in [1.54, 1.807) is 0 Å². The monoisotopic (exact) mass is 253 g/mol. The maximum Gasteiger partial charge on any atom is 0.460 e. The van der Waals surface area contributed by atoms with Crippen molar-refractivity contribution in [3.05, 3.63) is 18.8 Å². The van der Waals surface area contributed by atoms with Gasteiger partial charge in [0.1, 0.15) is 0 Å². The number of hydrogen-bond donors (Lipinski definition) is 0. The van der Waals surface area contributed by atoms with Gasteiger partial charge < -0.3 is 4.74 Å². The molecule has 0 bridgehead atoms. The van der Waals surface area contributed by atoms with E-state index in [1.807, 2.05) is 0 Å². The third-order valence-electron chi connectivity index (χ3n) is 1.75. The molecule has 1 nitrogen and oxygen atoms in total. The van der Waals surface area contributed by atoms with Crippen molar-refractivity contribution in [1.29, 1.82) is 0 Å². The summed E-state index contributed by atoms with van der Waals surface area (Å²) in [6, 6.07) is 0. The lowest BCUT2D eigenvalue weighted by Crippen LogP contribution is -2.52. The van der Waals surface area contributed by atoms with E-state index in [0.717, 1.165) is 0 Å². The Morgan fingerprint density at radius 2 is 1.56 bits per heavy atom. The molecule has 0 aromatic rings. The molecule has 95 valence electrons. The highest BCUT2D eigenvalue weighted by Crippen LogP contribution is 2.49. The fraction of sp³-hybridized carbons (Fsp3) is 0.625. The number of ether oxygens (including phenoxy) is 1. The smallest absolute Gasteiger partial charge is 0.375 e. The van der Waals surface area contributed by atoms with Crippen molar-refractivity contribution < 1.29 is 35.5 Å². The van der Waals surface area contributed by atoms with Gasteiger partial charge >= 0.3 is 18.0 Å². The van der Waals surface area contributed by atoms with Crippen molar-refractivity contribution in [2.75, 3.05) is 6.61 Å². The summed E-state index contributed by atoms with van der Waals surface area (Å²) < 4.78 is 89.6. The molecule has 8 heteroatoms. The summed E-state index contributed by atoms with van der Waals surface area (Å²) in [5.41, 5.74) is -1.43. The van der Waals surface area contributed by atoms with Crippen molar-refractivity contribution in [3.8, 4) is 0 Å². The van der Waals surface area contributed by atoms with E-state index >= 15 is 0 Å². The van der Waals surface area contributed by atoms with Gasteiger partial charge in [-0.2, -0.15) is 30.7 Å². The van der Waals surface area contributed by atoms with Crippen LogP contribution in [0.1, 0.15) is 6.92 Å². The molecule has 0 unspecified atom stereocenters. The molecule has 0 aliphatic heterocycles. The van der Waals surface area contributed by atoms with Crippen LogP contribution >= 0.6 is 0 Å². The molecule has 0 fully saturated rings. The molecule has 0 heterocycles. The predicted octanol–water partition coefficient (Wildman–Crippen LogP) is 3.57. The van der Waals surface area contributed by atoms with Crippen LogP contribution in [0.15, 0.2) is 11.6 Å². The Morgan fingerprint density at radius 3 is 1.88 bits per heavy atom. The Hall–Kier alpha value is -0.790. The maximum absolute atomic E-state index is 12.8. The predicted molar refractivity (Wildman–Crippen MR) is 41.0 cm³/mol. The first-order valence-corrected chi connectivity index (χ1v) is 3.85. The zero-order valence-electron chi connectivity index (χ0n) is 8.05. The van der Waals surface area contributed by atoms with Gasteiger partial charge in [-0.3, -0.25) is 0 Å². The first-order valence-electron chi connectivity index (χ1n) is 3.85. The number of hydrogen-bond acceptors (Lipinski definition) is 1. The van der Waals surface area contributed by atoms with Crippen LogP contribution in [0.25, 0.3) is 0 Å². The minimum Gasteiger partial charge on any atom is -0.375 e. The summed E-state index contributed by atoms with van der Waals surface area (Å²) in [7, 11) is 2.75. The zero-order valence-corrected chi connectivity index (χ0v) is 8.05. The molecule has 0 amide bonds. The summed E-state index contributed by atoms with van der Waals surface area (Å²) in [6.45, 7) is -0.131. The number of halogens is 7. The van der Waals surface area contributed by atoms with Crippen LogP contribution < -0.4 is 0 Å². The number of allylic oxidation sites excluding steroid dienone is 1. The van der Waals surface area contributed by atoms with Gasteiger partial charge in [0.05, 0.1) is 13.7 Å². The fourth-order valence-electron chi connectivity index (χ4n) is 0.738. The van der Waals surface area contributed by atoms with Crippen molar-refractivity contribution in [2.45, 2.75) is 24.9 Å². The quantitative estimate of drug-likeness (QED) is 0.549. The van der Waals surface area contributed by atoms with E-state index in [1.165, 1.54) is 0 Å². The van der Waals surface area contributed by atoms with Crippen molar-refractivity contribution >= 4 is 0 Å². The number of rotatable bonds is 4. The first kappa shape index (κ1) is 15.2. The number of alkyl halides is 7. The Morgan fingerprint density at radius 1 is 1.12 bits per heavy atom. The van der Waals surface area contributed by atoms with Gasteiger partial charge in [-0.1, -0.05) is 6.08 Å². The second-order valence-corrected chi connectivity index (χ2v) is 2.90. The Labute approximate surface area is 86.9 Å². The molecule has 0 rings (SSSR count). The summed E-state index contributed by atoms with van der Waals surface area (Å²) in [5, 5.41) is 0. The molecular weight excluding hydrogens is 245 g/mol. The largest absolute Gasteiger partial charge is 0.460 e.